The normalized spacial score (nSPS) is 17.1. The van der Waals surface area contributed by atoms with E-state index in [1.165, 1.54) is 11.3 Å². The van der Waals surface area contributed by atoms with Gasteiger partial charge in [-0.25, -0.2) is 4.98 Å². The molecule has 7 heteroatoms. The zero-order chi connectivity index (χ0) is 17.2. The van der Waals surface area contributed by atoms with Gasteiger partial charge >= 0.3 is 0 Å². The Labute approximate surface area is 149 Å². The highest BCUT2D eigenvalue weighted by atomic mass is 32.1. The van der Waals surface area contributed by atoms with Gasteiger partial charge in [-0.3, -0.25) is 9.59 Å². The second-order valence-corrected chi connectivity index (χ2v) is 7.16. The van der Waals surface area contributed by atoms with Gasteiger partial charge < -0.3 is 15.0 Å². The van der Waals surface area contributed by atoms with Crippen molar-refractivity contribution in [3.8, 4) is 11.3 Å². The Morgan fingerprint density at radius 2 is 2.12 bits per heavy atom. The molecule has 4 rings (SSSR count). The molecule has 0 spiro atoms. The molecule has 0 atom stereocenters. The average molecular weight is 357 g/mol. The Hall–Kier alpha value is -2.25. The maximum absolute atomic E-state index is 12.3. The summed E-state index contributed by atoms with van der Waals surface area (Å²) < 4.78 is 5.28. The summed E-state index contributed by atoms with van der Waals surface area (Å²) in [6.07, 6.45) is 1.61. The van der Waals surface area contributed by atoms with Crippen LogP contribution in [0.5, 0.6) is 0 Å². The van der Waals surface area contributed by atoms with Crippen LogP contribution in [0.4, 0.5) is 5.69 Å². The molecule has 25 heavy (non-hydrogen) atoms. The number of aromatic nitrogens is 1. The number of carbonyl (C=O) groups is 2. The number of benzene rings is 1. The maximum atomic E-state index is 12.3. The summed E-state index contributed by atoms with van der Waals surface area (Å²) in [4.78, 5) is 30.3. The highest BCUT2D eigenvalue weighted by Crippen LogP contribution is 2.29. The van der Waals surface area contributed by atoms with E-state index < -0.39 is 0 Å². The van der Waals surface area contributed by atoms with E-state index in [-0.39, 0.29) is 11.8 Å². The minimum Gasteiger partial charge on any atom is -0.378 e. The van der Waals surface area contributed by atoms with Gasteiger partial charge in [0.25, 0.3) is 0 Å². The molecule has 2 aromatic rings. The number of nitrogens with zero attached hydrogens (tertiary/aromatic N) is 2. The van der Waals surface area contributed by atoms with E-state index in [0.717, 1.165) is 33.9 Å². The van der Waals surface area contributed by atoms with Crippen molar-refractivity contribution in [2.24, 2.45) is 0 Å². The van der Waals surface area contributed by atoms with E-state index in [9.17, 15) is 9.59 Å². The number of nitrogens with one attached hydrogen (secondary N) is 1. The third kappa shape index (κ3) is 3.57. The van der Waals surface area contributed by atoms with Crippen LogP contribution in [-0.4, -0.2) is 48.0 Å². The van der Waals surface area contributed by atoms with E-state index in [1.54, 1.807) is 0 Å². The fourth-order valence-corrected chi connectivity index (χ4v) is 3.92. The van der Waals surface area contributed by atoms with Crippen molar-refractivity contribution < 1.29 is 14.3 Å². The van der Waals surface area contributed by atoms with Crippen LogP contribution in [0, 0.1) is 0 Å². The van der Waals surface area contributed by atoms with Crippen molar-refractivity contribution >= 4 is 28.8 Å². The number of ether oxygens (including phenoxy) is 1. The van der Waals surface area contributed by atoms with E-state index >= 15 is 0 Å². The molecule has 3 heterocycles. The lowest BCUT2D eigenvalue weighted by Crippen LogP contribution is -2.41. The summed E-state index contributed by atoms with van der Waals surface area (Å²) in [5.41, 5.74) is 3.93. The van der Waals surface area contributed by atoms with Crippen molar-refractivity contribution in [1.29, 1.82) is 0 Å². The molecular weight excluding hydrogens is 338 g/mol. The Morgan fingerprint density at radius 3 is 2.96 bits per heavy atom. The van der Waals surface area contributed by atoms with Gasteiger partial charge in [0, 0.05) is 36.1 Å². The lowest BCUT2D eigenvalue weighted by molar-refractivity contribution is -0.134. The quantitative estimate of drug-likeness (QED) is 0.913. The van der Waals surface area contributed by atoms with Gasteiger partial charge in [0.15, 0.2) is 0 Å². The van der Waals surface area contributed by atoms with Gasteiger partial charge in [-0.05, 0) is 24.1 Å². The predicted octanol–water partition coefficient (Wildman–Crippen LogP) is 2.10. The SMILES string of the molecule is O=C1CCc2cc(-c3csc(CC(=O)N4CCOCC4)n3)ccc2N1. The van der Waals surface area contributed by atoms with Gasteiger partial charge in [0.2, 0.25) is 11.8 Å². The van der Waals surface area contributed by atoms with Crippen molar-refractivity contribution in [3.05, 3.63) is 34.2 Å². The topological polar surface area (TPSA) is 71.5 Å². The molecule has 2 amide bonds. The van der Waals surface area contributed by atoms with Gasteiger partial charge in [-0.15, -0.1) is 11.3 Å². The lowest BCUT2D eigenvalue weighted by Gasteiger charge is -2.26. The molecule has 0 radical (unpaired) electrons. The van der Waals surface area contributed by atoms with Gasteiger partial charge in [0.05, 0.1) is 25.3 Å². The molecule has 6 nitrogen and oxygen atoms in total. The fraction of sp³-hybridized carbons (Fsp3) is 0.389. The molecule has 1 aromatic heterocycles. The molecule has 1 aromatic carbocycles. The molecule has 0 bridgehead atoms. The van der Waals surface area contributed by atoms with Crippen LogP contribution >= 0.6 is 11.3 Å². The summed E-state index contributed by atoms with van der Waals surface area (Å²) in [5.74, 6) is 0.176. The number of aryl methyl sites for hydroxylation is 1. The molecule has 1 N–H and O–H groups in total. The van der Waals surface area contributed by atoms with E-state index in [0.29, 0.717) is 39.1 Å². The number of amides is 2. The number of thiazole rings is 1. The van der Waals surface area contributed by atoms with Crippen LogP contribution in [0.15, 0.2) is 23.6 Å². The Kier molecular flexibility index (Phi) is 4.50. The zero-order valence-corrected chi connectivity index (χ0v) is 14.6. The van der Waals surface area contributed by atoms with Crippen LogP contribution < -0.4 is 5.32 Å². The van der Waals surface area contributed by atoms with Crippen molar-refractivity contribution in [2.45, 2.75) is 19.3 Å². The number of fused-ring (bicyclic) bond motifs is 1. The molecule has 2 aliphatic heterocycles. The standard InChI is InChI=1S/C18H19N3O3S/c22-16-4-2-12-9-13(1-3-14(12)19-16)15-11-25-17(20-15)10-18(23)21-5-7-24-8-6-21/h1,3,9,11H,2,4-8,10H2,(H,19,22). The number of rotatable bonds is 3. The Morgan fingerprint density at radius 1 is 1.28 bits per heavy atom. The molecule has 130 valence electrons. The number of hydrogen-bond acceptors (Lipinski definition) is 5. The largest absolute Gasteiger partial charge is 0.378 e. The second kappa shape index (κ2) is 6.93. The van der Waals surface area contributed by atoms with Crippen LogP contribution in [0.1, 0.15) is 17.0 Å². The molecular formula is C18H19N3O3S. The molecule has 0 saturated carbocycles. The van der Waals surface area contributed by atoms with Gasteiger partial charge in [0.1, 0.15) is 5.01 Å². The number of carbonyl (C=O) groups excluding carboxylic acids is 2. The van der Waals surface area contributed by atoms with Crippen molar-refractivity contribution in [2.75, 3.05) is 31.6 Å². The van der Waals surface area contributed by atoms with Crippen molar-refractivity contribution in [3.63, 3.8) is 0 Å². The zero-order valence-electron chi connectivity index (χ0n) is 13.8. The third-order valence-electron chi connectivity index (χ3n) is 4.51. The van der Waals surface area contributed by atoms with E-state index in [2.05, 4.69) is 16.4 Å². The monoisotopic (exact) mass is 357 g/mol. The van der Waals surface area contributed by atoms with Crippen molar-refractivity contribution in [1.82, 2.24) is 9.88 Å². The molecule has 1 fully saturated rings. The second-order valence-electron chi connectivity index (χ2n) is 6.22. The van der Waals surface area contributed by atoms with Gasteiger partial charge in [-0.1, -0.05) is 6.07 Å². The van der Waals surface area contributed by atoms with Crippen LogP contribution in [-0.2, 0) is 27.2 Å². The number of morpholine rings is 1. The van der Waals surface area contributed by atoms with E-state index in [4.69, 9.17) is 4.74 Å². The fourth-order valence-electron chi connectivity index (χ4n) is 3.12. The summed E-state index contributed by atoms with van der Waals surface area (Å²) in [7, 11) is 0. The predicted molar refractivity (Wildman–Crippen MR) is 95.6 cm³/mol. The average Bonchev–Trinajstić information content (AvgIpc) is 3.10. The smallest absolute Gasteiger partial charge is 0.229 e. The number of hydrogen-bond donors (Lipinski definition) is 1. The summed E-state index contributed by atoms with van der Waals surface area (Å²) in [6, 6.07) is 5.98. The molecule has 2 aliphatic rings. The van der Waals surface area contributed by atoms with E-state index in [1.807, 2.05) is 22.4 Å². The lowest BCUT2D eigenvalue weighted by atomic mass is 9.99. The first-order valence-electron chi connectivity index (χ1n) is 8.42. The summed E-state index contributed by atoms with van der Waals surface area (Å²) in [6.45, 7) is 2.54. The van der Waals surface area contributed by atoms with Crippen LogP contribution in [0.2, 0.25) is 0 Å². The Balaban J connectivity index is 1.47. The maximum Gasteiger partial charge on any atom is 0.229 e. The highest BCUT2D eigenvalue weighted by molar-refractivity contribution is 7.10. The first-order valence-corrected chi connectivity index (χ1v) is 9.30. The Bertz CT molecular complexity index is 812. The summed E-state index contributed by atoms with van der Waals surface area (Å²) in [5, 5.41) is 5.71. The van der Waals surface area contributed by atoms with Gasteiger partial charge in [-0.2, -0.15) is 0 Å². The molecule has 0 aliphatic carbocycles. The first kappa shape index (κ1) is 16.2. The van der Waals surface area contributed by atoms with Crippen LogP contribution in [0.25, 0.3) is 11.3 Å². The highest BCUT2D eigenvalue weighted by Gasteiger charge is 2.19. The minimum absolute atomic E-state index is 0.0674. The minimum atomic E-state index is 0.0674. The number of anilines is 1. The molecule has 0 unspecified atom stereocenters. The molecule has 1 saturated heterocycles. The summed E-state index contributed by atoms with van der Waals surface area (Å²) >= 11 is 1.51. The first-order chi connectivity index (χ1) is 12.2. The third-order valence-corrected chi connectivity index (χ3v) is 5.36. The van der Waals surface area contributed by atoms with Crippen LogP contribution in [0.3, 0.4) is 0 Å².